The second-order valence-electron chi connectivity index (χ2n) is 10.2. The molecule has 0 heterocycles. The molecule has 1 unspecified atom stereocenters. The van der Waals surface area contributed by atoms with E-state index in [0.29, 0.717) is 0 Å². The van der Waals surface area contributed by atoms with E-state index in [4.69, 9.17) is 9.47 Å². The summed E-state index contributed by atoms with van der Waals surface area (Å²) in [5.74, 6) is -1.27. The maximum absolute atomic E-state index is 12.6. The Morgan fingerprint density at radius 3 is 1.95 bits per heavy atom. The zero-order chi connectivity index (χ0) is 27.3. The number of carbonyl (C=O) groups is 3. The molecular formula is C30H32N2O6. The lowest BCUT2D eigenvalue weighted by Crippen LogP contribution is -2.42. The Hall–Kier alpha value is -4.33. The number of aliphatic carboxylic acids is 1. The van der Waals surface area contributed by atoms with E-state index in [1.165, 1.54) is 0 Å². The Kier molecular flexibility index (Phi) is 8.00. The van der Waals surface area contributed by atoms with E-state index in [1.54, 1.807) is 45.0 Å². The van der Waals surface area contributed by atoms with Crippen molar-refractivity contribution in [3.05, 3.63) is 95.1 Å². The van der Waals surface area contributed by atoms with Gasteiger partial charge >= 0.3 is 18.2 Å². The smallest absolute Gasteiger partial charge is 0.407 e. The molecule has 8 heteroatoms. The average Bonchev–Trinajstić information content (AvgIpc) is 3.19. The maximum atomic E-state index is 12.6. The molecule has 0 radical (unpaired) electrons. The summed E-state index contributed by atoms with van der Waals surface area (Å²) >= 11 is 0. The van der Waals surface area contributed by atoms with Crippen molar-refractivity contribution >= 4 is 18.2 Å². The summed E-state index contributed by atoms with van der Waals surface area (Å²) in [5.41, 5.74) is 5.36. The van der Waals surface area contributed by atoms with Crippen molar-refractivity contribution in [2.24, 2.45) is 0 Å². The topological polar surface area (TPSA) is 114 Å². The number of carboxylic acid groups (broad SMARTS) is 1. The summed E-state index contributed by atoms with van der Waals surface area (Å²) in [6.07, 6.45) is -1.21. The Balaban J connectivity index is 1.31. The fourth-order valence-corrected chi connectivity index (χ4v) is 4.50. The fourth-order valence-electron chi connectivity index (χ4n) is 4.50. The first-order valence-corrected chi connectivity index (χ1v) is 12.5. The molecule has 3 aromatic carbocycles. The van der Waals surface area contributed by atoms with Crippen LogP contribution in [0.15, 0.2) is 72.8 Å². The predicted octanol–water partition coefficient (Wildman–Crippen LogP) is 5.25. The van der Waals surface area contributed by atoms with Crippen LogP contribution in [0.25, 0.3) is 11.1 Å². The van der Waals surface area contributed by atoms with Crippen LogP contribution < -0.4 is 10.6 Å². The zero-order valence-corrected chi connectivity index (χ0v) is 21.7. The molecule has 0 saturated carbocycles. The molecule has 0 bridgehead atoms. The van der Waals surface area contributed by atoms with Crippen LogP contribution in [0, 0.1) is 0 Å². The van der Waals surface area contributed by atoms with Gasteiger partial charge in [-0.1, -0.05) is 72.8 Å². The summed E-state index contributed by atoms with van der Waals surface area (Å²) in [6, 6.07) is 22.0. The van der Waals surface area contributed by atoms with E-state index in [2.05, 4.69) is 10.6 Å². The van der Waals surface area contributed by atoms with Crippen molar-refractivity contribution in [3.8, 4) is 11.1 Å². The van der Waals surface area contributed by atoms with Gasteiger partial charge in [-0.05, 0) is 54.2 Å². The third-order valence-electron chi connectivity index (χ3n) is 6.23. The van der Waals surface area contributed by atoms with Gasteiger partial charge in [0.15, 0.2) is 0 Å². The van der Waals surface area contributed by atoms with Crippen LogP contribution in [0.3, 0.4) is 0 Å². The van der Waals surface area contributed by atoms with Crippen molar-refractivity contribution in [2.75, 3.05) is 6.61 Å². The largest absolute Gasteiger partial charge is 0.480 e. The first-order chi connectivity index (χ1) is 18.1. The van der Waals surface area contributed by atoms with Gasteiger partial charge in [0.25, 0.3) is 0 Å². The SMILES string of the molecule is CC(C)(C)OC(=O)NCc1ccc(CC(NC(=O)OCC2c3ccccc3-c3ccccc32)C(=O)O)cc1. The summed E-state index contributed by atoms with van der Waals surface area (Å²) < 4.78 is 10.7. The van der Waals surface area contributed by atoms with Crippen LogP contribution >= 0.6 is 0 Å². The lowest BCUT2D eigenvalue weighted by Gasteiger charge is -2.19. The van der Waals surface area contributed by atoms with Gasteiger partial charge in [0.1, 0.15) is 18.2 Å². The summed E-state index contributed by atoms with van der Waals surface area (Å²) in [4.78, 5) is 36.3. The number of hydrogen-bond acceptors (Lipinski definition) is 5. The third-order valence-corrected chi connectivity index (χ3v) is 6.23. The van der Waals surface area contributed by atoms with Gasteiger partial charge in [-0.15, -0.1) is 0 Å². The summed E-state index contributed by atoms with van der Waals surface area (Å²) in [7, 11) is 0. The Morgan fingerprint density at radius 1 is 0.842 bits per heavy atom. The number of hydrogen-bond donors (Lipinski definition) is 3. The lowest BCUT2D eigenvalue weighted by molar-refractivity contribution is -0.139. The maximum Gasteiger partial charge on any atom is 0.407 e. The second-order valence-corrected chi connectivity index (χ2v) is 10.2. The average molecular weight is 517 g/mol. The standard InChI is InChI=1S/C30H32N2O6/c1-30(2,3)38-28(35)31-17-20-14-12-19(13-15-20)16-26(27(33)34)32-29(36)37-18-25-23-10-6-4-8-21(23)22-9-5-7-11-24(22)25/h4-15,25-26H,16-18H2,1-3H3,(H,31,35)(H,32,36)(H,33,34). The van der Waals surface area contributed by atoms with Crippen molar-refractivity contribution in [3.63, 3.8) is 0 Å². The number of carbonyl (C=O) groups excluding carboxylic acids is 2. The molecule has 38 heavy (non-hydrogen) atoms. The summed E-state index contributed by atoms with van der Waals surface area (Å²) in [6.45, 7) is 5.74. The quantitative estimate of drug-likeness (QED) is 0.377. The van der Waals surface area contributed by atoms with Gasteiger partial charge in [-0.25, -0.2) is 14.4 Å². The highest BCUT2D eigenvalue weighted by Crippen LogP contribution is 2.44. The molecule has 0 fully saturated rings. The lowest BCUT2D eigenvalue weighted by atomic mass is 9.98. The van der Waals surface area contributed by atoms with E-state index in [1.807, 2.05) is 48.5 Å². The number of amides is 2. The molecule has 4 rings (SSSR count). The third kappa shape index (κ3) is 6.70. The minimum atomic E-state index is -1.16. The van der Waals surface area contributed by atoms with E-state index in [9.17, 15) is 19.5 Å². The normalized spacial score (nSPS) is 13.1. The van der Waals surface area contributed by atoms with Gasteiger partial charge in [0.2, 0.25) is 0 Å². The van der Waals surface area contributed by atoms with E-state index < -0.39 is 29.8 Å². The molecule has 0 aromatic heterocycles. The molecule has 1 aliphatic carbocycles. The van der Waals surface area contributed by atoms with Crippen LogP contribution in [0.1, 0.15) is 48.9 Å². The van der Waals surface area contributed by atoms with Crippen LogP contribution in [0.5, 0.6) is 0 Å². The zero-order valence-electron chi connectivity index (χ0n) is 21.7. The van der Waals surface area contributed by atoms with Crippen LogP contribution in [0.4, 0.5) is 9.59 Å². The summed E-state index contributed by atoms with van der Waals surface area (Å²) in [5, 5.41) is 14.8. The molecule has 2 amide bonds. The number of alkyl carbamates (subject to hydrolysis) is 2. The number of ether oxygens (including phenoxy) is 2. The van der Waals surface area contributed by atoms with Gasteiger partial charge in [0.05, 0.1) is 0 Å². The number of carboxylic acids is 1. The molecule has 0 aliphatic heterocycles. The Bertz CT molecular complexity index is 1270. The highest BCUT2D eigenvalue weighted by Gasteiger charge is 2.29. The molecule has 3 N–H and O–H groups in total. The molecule has 198 valence electrons. The van der Waals surface area contributed by atoms with Crippen molar-refractivity contribution in [2.45, 2.75) is 51.3 Å². The molecule has 1 atom stereocenters. The number of fused-ring (bicyclic) bond motifs is 3. The van der Waals surface area contributed by atoms with Crippen LogP contribution in [-0.4, -0.2) is 41.5 Å². The van der Waals surface area contributed by atoms with E-state index >= 15 is 0 Å². The minimum Gasteiger partial charge on any atom is -0.480 e. The Morgan fingerprint density at radius 2 is 1.39 bits per heavy atom. The van der Waals surface area contributed by atoms with Crippen molar-refractivity contribution < 1.29 is 29.0 Å². The van der Waals surface area contributed by atoms with Gasteiger partial charge in [-0.2, -0.15) is 0 Å². The van der Waals surface area contributed by atoms with E-state index in [-0.39, 0.29) is 25.5 Å². The van der Waals surface area contributed by atoms with Gasteiger partial charge in [-0.3, -0.25) is 0 Å². The number of nitrogens with one attached hydrogen (secondary N) is 2. The first-order valence-electron chi connectivity index (χ1n) is 12.5. The first kappa shape index (κ1) is 26.7. The van der Waals surface area contributed by atoms with Crippen molar-refractivity contribution in [1.82, 2.24) is 10.6 Å². The van der Waals surface area contributed by atoms with Gasteiger partial charge in [0, 0.05) is 18.9 Å². The van der Waals surface area contributed by atoms with Crippen LogP contribution in [0.2, 0.25) is 0 Å². The molecular weight excluding hydrogens is 484 g/mol. The monoisotopic (exact) mass is 516 g/mol. The predicted molar refractivity (Wildman–Crippen MR) is 143 cm³/mol. The molecule has 1 aliphatic rings. The fraction of sp³-hybridized carbons (Fsp3) is 0.300. The highest BCUT2D eigenvalue weighted by molar-refractivity contribution is 5.81. The van der Waals surface area contributed by atoms with Gasteiger partial charge < -0.3 is 25.2 Å². The minimum absolute atomic E-state index is 0.0826. The molecule has 0 spiro atoms. The van der Waals surface area contributed by atoms with E-state index in [0.717, 1.165) is 33.4 Å². The molecule has 3 aromatic rings. The van der Waals surface area contributed by atoms with Crippen molar-refractivity contribution in [1.29, 1.82) is 0 Å². The molecule has 0 saturated heterocycles. The second kappa shape index (κ2) is 11.4. The Labute approximate surface area is 222 Å². The molecule has 8 nitrogen and oxygen atoms in total. The number of benzene rings is 3. The highest BCUT2D eigenvalue weighted by atomic mass is 16.6. The number of rotatable bonds is 8. The van der Waals surface area contributed by atoms with Crippen LogP contribution in [-0.2, 0) is 27.2 Å².